The maximum absolute atomic E-state index is 11.6. The van der Waals surface area contributed by atoms with Crippen molar-refractivity contribution >= 4 is 11.8 Å². The van der Waals surface area contributed by atoms with Gasteiger partial charge < -0.3 is 20.4 Å². The average Bonchev–Trinajstić information content (AvgIpc) is 3.06. The van der Waals surface area contributed by atoms with Crippen LogP contribution in [0.15, 0.2) is 0 Å². The van der Waals surface area contributed by atoms with Gasteiger partial charge in [-0.2, -0.15) is 0 Å². The molecule has 24 heavy (non-hydrogen) atoms. The Morgan fingerprint density at radius 2 is 1.17 bits per heavy atom. The van der Waals surface area contributed by atoms with Gasteiger partial charge in [0, 0.05) is 52.1 Å². The highest BCUT2D eigenvalue weighted by atomic mass is 16.2. The third-order valence-electron chi connectivity index (χ3n) is 6.04. The maximum Gasteiger partial charge on any atom is 0.224 e. The molecule has 3 fully saturated rings. The predicted molar refractivity (Wildman–Crippen MR) is 93.5 cm³/mol. The summed E-state index contributed by atoms with van der Waals surface area (Å²) in [5, 5.41) is 7.18. The van der Waals surface area contributed by atoms with E-state index < -0.39 is 0 Å². The van der Waals surface area contributed by atoms with Crippen molar-refractivity contribution in [3.63, 3.8) is 0 Å². The fourth-order valence-electron chi connectivity index (χ4n) is 4.31. The Morgan fingerprint density at radius 3 is 1.46 bits per heavy atom. The van der Waals surface area contributed by atoms with Crippen molar-refractivity contribution in [3.05, 3.63) is 0 Å². The minimum atomic E-state index is 0.262. The lowest BCUT2D eigenvalue weighted by Crippen LogP contribution is -2.38. The van der Waals surface area contributed by atoms with Crippen LogP contribution < -0.4 is 10.6 Å². The Kier molecular flexibility index (Phi) is 5.76. The molecule has 6 nitrogen and oxygen atoms in total. The van der Waals surface area contributed by atoms with Gasteiger partial charge in [0.2, 0.25) is 11.8 Å². The minimum Gasteiger partial charge on any atom is -0.344 e. The molecule has 136 valence electrons. The van der Waals surface area contributed by atoms with Gasteiger partial charge in [0.1, 0.15) is 0 Å². The predicted octanol–water partition coefficient (Wildman–Crippen LogP) is 0.433. The molecule has 2 atom stereocenters. The minimum absolute atomic E-state index is 0.262. The molecule has 2 N–H and O–H groups in total. The summed E-state index contributed by atoms with van der Waals surface area (Å²) in [6.07, 6.45) is 6.42. The van der Waals surface area contributed by atoms with E-state index in [1.54, 1.807) is 0 Å². The highest BCUT2D eigenvalue weighted by molar-refractivity contribution is 5.79. The topological polar surface area (TPSA) is 64.7 Å². The van der Waals surface area contributed by atoms with E-state index in [1.165, 1.54) is 25.7 Å². The van der Waals surface area contributed by atoms with Gasteiger partial charge in [0.15, 0.2) is 0 Å². The molecule has 0 radical (unpaired) electrons. The van der Waals surface area contributed by atoms with E-state index >= 15 is 0 Å². The lowest BCUT2D eigenvalue weighted by atomic mass is 9.81. The van der Waals surface area contributed by atoms with Crippen molar-refractivity contribution in [1.29, 1.82) is 0 Å². The molecule has 0 spiro atoms. The third kappa shape index (κ3) is 4.48. The van der Waals surface area contributed by atoms with E-state index in [2.05, 4.69) is 10.6 Å². The monoisotopic (exact) mass is 336 g/mol. The summed E-state index contributed by atoms with van der Waals surface area (Å²) in [6, 6.07) is 0.692. The molecule has 2 aliphatic heterocycles. The van der Waals surface area contributed by atoms with Crippen molar-refractivity contribution in [3.8, 4) is 0 Å². The second-order valence-electron chi connectivity index (χ2n) is 8.05. The quantitative estimate of drug-likeness (QED) is 0.738. The number of rotatable bonds is 6. The molecule has 0 aromatic heterocycles. The standard InChI is InChI=1S/C18H32N4O2/c1-21-11-15(7-17(21)23)19-9-13-3-5-14(6-4-13)10-20-16-8-18(24)22(2)12-16/h13-16,19-20H,3-12H2,1-2H3. The van der Waals surface area contributed by atoms with Gasteiger partial charge in [-0.3, -0.25) is 9.59 Å². The van der Waals surface area contributed by atoms with Crippen molar-refractivity contribution in [2.75, 3.05) is 40.3 Å². The van der Waals surface area contributed by atoms with Crippen LogP contribution in [0.5, 0.6) is 0 Å². The lowest BCUT2D eigenvalue weighted by Gasteiger charge is -2.30. The summed E-state index contributed by atoms with van der Waals surface area (Å²) in [5.74, 6) is 2.03. The second kappa shape index (κ2) is 7.83. The number of likely N-dealkylation sites (tertiary alicyclic amines) is 2. The molecule has 6 heteroatoms. The summed E-state index contributed by atoms with van der Waals surface area (Å²) in [6.45, 7) is 3.81. The molecule has 2 unspecified atom stereocenters. The van der Waals surface area contributed by atoms with Gasteiger partial charge in [-0.1, -0.05) is 0 Å². The van der Waals surface area contributed by atoms with Gasteiger partial charge >= 0.3 is 0 Å². The van der Waals surface area contributed by atoms with Crippen molar-refractivity contribution in [2.24, 2.45) is 11.8 Å². The molecule has 0 aromatic carbocycles. The second-order valence-corrected chi connectivity index (χ2v) is 8.05. The SMILES string of the molecule is CN1CC(NCC2CCC(CNC3CC(=O)N(C)C3)CC2)CC1=O. The largest absolute Gasteiger partial charge is 0.344 e. The van der Waals surface area contributed by atoms with E-state index in [1.807, 2.05) is 23.9 Å². The zero-order chi connectivity index (χ0) is 17.1. The first-order valence-electron chi connectivity index (χ1n) is 9.46. The van der Waals surface area contributed by atoms with Crippen LogP contribution in [0.2, 0.25) is 0 Å². The van der Waals surface area contributed by atoms with Gasteiger partial charge in [-0.25, -0.2) is 0 Å². The number of amides is 2. The van der Waals surface area contributed by atoms with Crippen LogP contribution in [-0.4, -0.2) is 74.0 Å². The summed E-state index contributed by atoms with van der Waals surface area (Å²) in [7, 11) is 3.77. The molecule has 1 aliphatic carbocycles. The van der Waals surface area contributed by atoms with Crippen LogP contribution in [-0.2, 0) is 9.59 Å². The number of nitrogens with zero attached hydrogens (tertiary/aromatic N) is 2. The Bertz CT molecular complexity index is 420. The van der Waals surface area contributed by atoms with E-state index in [0.717, 1.165) is 38.0 Å². The van der Waals surface area contributed by atoms with Crippen LogP contribution >= 0.6 is 0 Å². The number of likely N-dealkylation sites (N-methyl/N-ethyl adjacent to an activating group) is 2. The Balaban J connectivity index is 1.29. The number of carbonyl (C=O) groups excluding carboxylic acids is 2. The average molecular weight is 336 g/mol. The molecule has 3 rings (SSSR count). The Labute approximate surface area is 145 Å². The summed E-state index contributed by atoms with van der Waals surface area (Å²) < 4.78 is 0. The molecule has 1 saturated carbocycles. The van der Waals surface area contributed by atoms with Crippen molar-refractivity contribution < 1.29 is 9.59 Å². The van der Waals surface area contributed by atoms with E-state index in [-0.39, 0.29) is 11.8 Å². The fourth-order valence-corrected chi connectivity index (χ4v) is 4.31. The van der Waals surface area contributed by atoms with Crippen LogP contribution in [0.3, 0.4) is 0 Å². The molecule has 3 aliphatic rings. The molecule has 2 heterocycles. The first-order valence-corrected chi connectivity index (χ1v) is 9.46. The first kappa shape index (κ1) is 17.7. The molecule has 0 bridgehead atoms. The fraction of sp³-hybridized carbons (Fsp3) is 0.889. The summed E-state index contributed by atoms with van der Waals surface area (Å²) >= 11 is 0. The lowest BCUT2D eigenvalue weighted by molar-refractivity contribution is -0.127. The van der Waals surface area contributed by atoms with Crippen LogP contribution in [0.25, 0.3) is 0 Å². The van der Waals surface area contributed by atoms with Crippen LogP contribution in [0.1, 0.15) is 38.5 Å². The van der Waals surface area contributed by atoms with Gasteiger partial charge in [0.25, 0.3) is 0 Å². The number of hydrogen-bond donors (Lipinski definition) is 2. The van der Waals surface area contributed by atoms with E-state index in [4.69, 9.17) is 0 Å². The number of carbonyl (C=O) groups is 2. The molecule has 2 amide bonds. The maximum atomic E-state index is 11.6. The van der Waals surface area contributed by atoms with Gasteiger partial charge in [-0.15, -0.1) is 0 Å². The van der Waals surface area contributed by atoms with Crippen LogP contribution in [0, 0.1) is 11.8 Å². The van der Waals surface area contributed by atoms with E-state index in [9.17, 15) is 9.59 Å². The smallest absolute Gasteiger partial charge is 0.224 e. The Hall–Kier alpha value is -1.14. The zero-order valence-electron chi connectivity index (χ0n) is 15.1. The molecular formula is C18H32N4O2. The number of nitrogens with one attached hydrogen (secondary N) is 2. The van der Waals surface area contributed by atoms with Crippen LogP contribution in [0.4, 0.5) is 0 Å². The number of hydrogen-bond acceptors (Lipinski definition) is 4. The highest BCUT2D eigenvalue weighted by Crippen LogP contribution is 2.28. The molecule has 0 aromatic rings. The van der Waals surface area contributed by atoms with Crippen molar-refractivity contribution in [2.45, 2.75) is 50.6 Å². The van der Waals surface area contributed by atoms with E-state index in [0.29, 0.717) is 24.9 Å². The normalized spacial score (nSPS) is 34.4. The molecular weight excluding hydrogens is 304 g/mol. The van der Waals surface area contributed by atoms with Gasteiger partial charge in [0.05, 0.1) is 0 Å². The highest BCUT2D eigenvalue weighted by Gasteiger charge is 2.29. The first-order chi connectivity index (χ1) is 11.5. The van der Waals surface area contributed by atoms with Crippen molar-refractivity contribution in [1.82, 2.24) is 20.4 Å². The molecule has 2 saturated heterocycles. The summed E-state index contributed by atoms with van der Waals surface area (Å²) in [5.41, 5.74) is 0. The van der Waals surface area contributed by atoms with Gasteiger partial charge in [-0.05, 0) is 50.6 Å². The summed E-state index contributed by atoms with van der Waals surface area (Å²) in [4.78, 5) is 26.8. The zero-order valence-corrected chi connectivity index (χ0v) is 15.1. The third-order valence-corrected chi connectivity index (χ3v) is 6.04. The Morgan fingerprint density at radius 1 is 0.792 bits per heavy atom.